The van der Waals surface area contributed by atoms with E-state index in [4.69, 9.17) is 11.2 Å². The molecule has 0 rings (SSSR count). The van der Waals surface area contributed by atoms with Gasteiger partial charge in [-0.05, 0) is 6.92 Å². The van der Waals surface area contributed by atoms with Crippen LogP contribution >= 0.6 is 0 Å². The molecular formula is C5H8O. The van der Waals surface area contributed by atoms with Gasteiger partial charge in [-0.3, -0.25) is 0 Å². The van der Waals surface area contributed by atoms with E-state index in [1.165, 1.54) is 0 Å². The lowest BCUT2D eigenvalue weighted by Gasteiger charge is -1.86. The fourth-order valence-electron chi connectivity index (χ4n) is 0.161. The van der Waals surface area contributed by atoms with Crippen molar-refractivity contribution >= 4 is 0 Å². The van der Waals surface area contributed by atoms with Crippen molar-refractivity contribution in [2.45, 2.75) is 6.92 Å². The summed E-state index contributed by atoms with van der Waals surface area (Å²) in [6.45, 7) is 3.07. The Kier molecular flexibility index (Phi) is 4.16. The Morgan fingerprint density at radius 3 is 2.67 bits per heavy atom. The molecule has 1 heteroatoms. The summed E-state index contributed by atoms with van der Waals surface area (Å²) in [7, 11) is 0. The first-order chi connectivity index (χ1) is 2.91. The second-order valence-corrected chi connectivity index (χ2v) is 0.841. The predicted octanol–water partition coefficient (Wildman–Crippen LogP) is 0.656. The highest BCUT2D eigenvalue weighted by Crippen LogP contribution is 1.65. The van der Waals surface area contributed by atoms with Gasteiger partial charge >= 0.3 is 0 Å². The highest BCUT2D eigenvalue weighted by molar-refractivity contribution is 4.82. The highest BCUT2D eigenvalue weighted by atomic mass is 16.5. The first-order valence-electron chi connectivity index (χ1n) is 1.93. The number of hydrogen-bond donors (Lipinski definition) is 0. The van der Waals surface area contributed by atoms with Gasteiger partial charge in [0.15, 0.2) is 0 Å². The Morgan fingerprint density at radius 2 is 2.50 bits per heavy atom. The van der Waals surface area contributed by atoms with E-state index in [-0.39, 0.29) is 0 Å². The van der Waals surface area contributed by atoms with Crippen LogP contribution in [0.4, 0.5) is 0 Å². The molecule has 0 aliphatic carbocycles. The number of hydrogen-bond acceptors (Lipinski definition) is 1. The number of rotatable bonds is 2. The van der Waals surface area contributed by atoms with Crippen LogP contribution in [-0.2, 0) is 4.74 Å². The topological polar surface area (TPSA) is 9.23 Å². The van der Waals surface area contributed by atoms with Crippen LogP contribution < -0.4 is 0 Å². The molecule has 0 aliphatic heterocycles. The third kappa shape index (κ3) is 3.52. The molecule has 0 atom stereocenters. The zero-order valence-electron chi connectivity index (χ0n) is 3.90. The maximum Gasteiger partial charge on any atom is 0.107 e. The minimum absolute atomic E-state index is 0.441. The normalized spacial score (nSPS) is 7.33. The van der Waals surface area contributed by atoms with E-state index in [1.807, 2.05) is 6.92 Å². The van der Waals surface area contributed by atoms with E-state index in [2.05, 4.69) is 5.92 Å². The zero-order valence-corrected chi connectivity index (χ0v) is 3.90. The quantitative estimate of drug-likeness (QED) is 0.352. The average Bonchev–Trinajstić information content (AvgIpc) is 1.61. The van der Waals surface area contributed by atoms with Gasteiger partial charge in [-0.25, -0.2) is 0 Å². The Hall–Kier alpha value is -0.480. The van der Waals surface area contributed by atoms with Crippen LogP contribution in [0.5, 0.6) is 0 Å². The van der Waals surface area contributed by atoms with E-state index in [0.29, 0.717) is 13.2 Å². The van der Waals surface area contributed by atoms with Crippen molar-refractivity contribution in [3.05, 3.63) is 0 Å². The standard InChI is InChI=1S/C5H8O/c1-3-5-6-4-2/h1H,4-5H2,2H3. The zero-order chi connectivity index (χ0) is 4.83. The van der Waals surface area contributed by atoms with Crippen LogP contribution in [-0.4, -0.2) is 13.2 Å². The first-order valence-corrected chi connectivity index (χ1v) is 1.93. The van der Waals surface area contributed by atoms with Crippen LogP contribution in [0.15, 0.2) is 0 Å². The van der Waals surface area contributed by atoms with Crippen molar-refractivity contribution < 1.29 is 4.74 Å². The molecule has 0 spiro atoms. The molecule has 34 valence electrons. The lowest BCUT2D eigenvalue weighted by Crippen LogP contribution is -1.86. The van der Waals surface area contributed by atoms with Crippen LogP contribution in [0, 0.1) is 12.3 Å². The van der Waals surface area contributed by atoms with E-state index >= 15 is 0 Å². The summed E-state index contributed by atoms with van der Waals surface area (Å²) in [4.78, 5) is 0. The Bertz CT molecular complexity index is 51.4. The molecule has 0 bridgehead atoms. The molecule has 0 aromatic rings. The molecule has 1 nitrogen and oxygen atoms in total. The summed E-state index contributed by atoms with van der Waals surface area (Å²) in [5, 5.41) is 0. The van der Waals surface area contributed by atoms with Crippen LogP contribution in [0.3, 0.4) is 0 Å². The molecule has 0 aromatic carbocycles. The predicted molar refractivity (Wildman–Crippen MR) is 25.3 cm³/mol. The summed E-state index contributed by atoms with van der Waals surface area (Å²) in [5.74, 6) is 2.35. The minimum Gasteiger partial charge on any atom is -0.369 e. The van der Waals surface area contributed by atoms with Gasteiger partial charge in [0.1, 0.15) is 6.61 Å². The molecule has 0 unspecified atom stereocenters. The summed E-state index contributed by atoms with van der Waals surface area (Å²) >= 11 is 0. The molecule has 0 saturated carbocycles. The average molecular weight is 84.1 g/mol. The summed E-state index contributed by atoms with van der Waals surface area (Å²) in [6, 6.07) is 0. The smallest absolute Gasteiger partial charge is 0.107 e. The van der Waals surface area contributed by atoms with E-state index in [0.717, 1.165) is 0 Å². The molecule has 0 radical (unpaired) electrons. The number of terminal acetylenes is 1. The lowest BCUT2D eigenvalue weighted by atomic mass is 10.7. The molecule has 0 N–H and O–H groups in total. The molecule has 0 aromatic heterocycles. The first kappa shape index (κ1) is 5.52. The van der Waals surface area contributed by atoms with Gasteiger partial charge in [0.2, 0.25) is 0 Å². The molecule has 0 fully saturated rings. The SMILES string of the molecule is C#CCOCC. The van der Waals surface area contributed by atoms with Gasteiger partial charge in [0.25, 0.3) is 0 Å². The third-order valence-corrected chi connectivity index (χ3v) is 0.390. The largest absolute Gasteiger partial charge is 0.369 e. The van der Waals surface area contributed by atoms with Crippen LogP contribution in [0.1, 0.15) is 6.92 Å². The van der Waals surface area contributed by atoms with Crippen molar-refractivity contribution in [2.24, 2.45) is 0 Å². The minimum atomic E-state index is 0.441. The van der Waals surface area contributed by atoms with Gasteiger partial charge in [-0.15, -0.1) is 6.42 Å². The van der Waals surface area contributed by atoms with Gasteiger partial charge < -0.3 is 4.74 Å². The van der Waals surface area contributed by atoms with Gasteiger partial charge in [-0.1, -0.05) is 5.92 Å². The summed E-state index contributed by atoms with van der Waals surface area (Å²) in [5.41, 5.74) is 0. The molecule has 0 aliphatic rings. The monoisotopic (exact) mass is 84.1 g/mol. The third-order valence-electron chi connectivity index (χ3n) is 0.390. The van der Waals surface area contributed by atoms with Gasteiger partial charge in [-0.2, -0.15) is 0 Å². The number of ether oxygens (including phenoxy) is 1. The van der Waals surface area contributed by atoms with Crippen molar-refractivity contribution in [2.75, 3.05) is 13.2 Å². The van der Waals surface area contributed by atoms with Gasteiger partial charge in [0.05, 0.1) is 0 Å². The van der Waals surface area contributed by atoms with Crippen molar-refractivity contribution in [1.82, 2.24) is 0 Å². The fraction of sp³-hybridized carbons (Fsp3) is 0.600. The molecule has 0 amide bonds. The van der Waals surface area contributed by atoms with E-state index < -0.39 is 0 Å². The maximum atomic E-state index is 4.84. The lowest BCUT2D eigenvalue weighted by molar-refractivity contribution is 0.182. The summed E-state index contributed by atoms with van der Waals surface area (Å²) < 4.78 is 4.75. The second-order valence-electron chi connectivity index (χ2n) is 0.841. The molecule has 6 heavy (non-hydrogen) atoms. The fourth-order valence-corrected chi connectivity index (χ4v) is 0.161. The van der Waals surface area contributed by atoms with Crippen molar-refractivity contribution in [1.29, 1.82) is 0 Å². The van der Waals surface area contributed by atoms with E-state index in [9.17, 15) is 0 Å². The highest BCUT2D eigenvalue weighted by Gasteiger charge is 1.67. The second kappa shape index (κ2) is 4.52. The van der Waals surface area contributed by atoms with Gasteiger partial charge in [0, 0.05) is 6.61 Å². The molecular weight excluding hydrogens is 76.1 g/mol. The van der Waals surface area contributed by atoms with Crippen molar-refractivity contribution in [3.8, 4) is 12.3 Å². The Labute approximate surface area is 38.3 Å². The van der Waals surface area contributed by atoms with Crippen LogP contribution in [0.25, 0.3) is 0 Å². The molecule has 0 saturated heterocycles. The van der Waals surface area contributed by atoms with E-state index in [1.54, 1.807) is 0 Å². The Balaban J connectivity index is 2.54. The molecule has 0 heterocycles. The van der Waals surface area contributed by atoms with Crippen LogP contribution in [0.2, 0.25) is 0 Å². The van der Waals surface area contributed by atoms with Crippen molar-refractivity contribution in [3.63, 3.8) is 0 Å². The maximum absolute atomic E-state index is 4.84. The Morgan fingerprint density at radius 1 is 1.83 bits per heavy atom. The summed E-state index contributed by atoms with van der Waals surface area (Å²) in [6.07, 6.45) is 4.84.